The molecule has 0 saturated carbocycles. The van der Waals surface area contributed by atoms with Gasteiger partial charge in [0.05, 0.1) is 4.90 Å². The Hall–Kier alpha value is -3.44. The van der Waals surface area contributed by atoms with Gasteiger partial charge in [0, 0.05) is 13.1 Å². The molecule has 1 aliphatic heterocycles. The summed E-state index contributed by atoms with van der Waals surface area (Å²) in [7, 11) is -3.96. The number of nitrogens with one attached hydrogen (secondary N) is 1. The van der Waals surface area contributed by atoms with E-state index in [-0.39, 0.29) is 23.7 Å². The van der Waals surface area contributed by atoms with Gasteiger partial charge >= 0.3 is 6.18 Å². The van der Waals surface area contributed by atoms with Crippen molar-refractivity contribution in [2.75, 3.05) is 13.2 Å². The molecule has 196 valence electrons. The third-order valence-electron chi connectivity index (χ3n) is 5.91. The predicted octanol–water partition coefficient (Wildman–Crippen LogP) is 4.90. The molecule has 1 atom stereocenters. The number of carbonyl (C=O) groups excluding carboxylic acids is 1. The molecule has 0 aliphatic carbocycles. The van der Waals surface area contributed by atoms with Gasteiger partial charge in [0.1, 0.15) is 17.6 Å². The summed E-state index contributed by atoms with van der Waals surface area (Å²) in [5.74, 6) is -0.886. The van der Waals surface area contributed by atoms with Gasteiger partial charge in [0.2, 0.25) is 15.9 Å². The average Bonchev–Trinajstić information content (AvgIpc) is 3.38. The predicted molar refractivity (Wildman–Crippen MR) is 129 cm³/mol. The second kappa shape index (κ2) is 10.9. The van der Waals surface area contributed by atoms with E-state index in [9.17, 15) is 30.8 Å². The second-order valence-electron chi connectivity index (χ2n) is 8.57. The second-order valence-corrected chi connectivity index (χ2v) is 10.5. The van der Waals surface area contributed by atoms with E-state index in [0.29, 0.717) is 12.8 Å². The van der Waals surface area contributed by atoms with Crippen molar-refractivity contribution in [2.24, 2.45) is 0 Å². The first-order valence-electron chi connectivity index (χ1n) is 11.5. The van der Waals surface area contributed by atoms with E-state index in [1.807, 2.05) is 12.1 Å². The molecular formula is C26H24F4N2O4S. The van der Waals surface area contributed by atoms with E-state index in [1.165, 1.54) is 24.3 Å². The van der Waals surface area contributed by atoms with Gasteiger partial charge in [-0.3, -0.25) is 4.79 Å². The number of alkyl halides is 3. The Balaban J connectivity index is 1.40. The summed E-state index contributed by atoms with van der Waals surface area (Å²) in [5.41, 5.74) is 2.30. The van der Waals surface area contributed by atoms with E-state index >= 15 is 0 Å². The van der Waals surface area contributed by atoms with Crippen molar-refractivity contribution in [3.8, 4) is 16.9 Å². The molecule has 37 heavy (non-hydrogen) atoms. The van der Waals surface area contributed by atoms with Crippen LogP contribution >= 0.6 is 0 Å². The fourth-order valence-corrected chi connectivity index (χ4v) is 5.76. The van der Waals surface area contributed by atoms with Gasteiger partial charge in [-0.05, 0) is 72.0 Å². The number of amides is 1. The Kier molecular flexibility index (Phi) is 7.84. The molecule has 1 saturated heterocycles. The van der Waals surface area contributed by atoms with Crippen LogP contribution in [0.1, 0.15) is 18.4 Å². The highest BCUT2D eigenvalue weighted by Gasteiger charge is 2.39. The van der Waals surface area contributed by atoms with Gasteiger partial charge in [-0.15, -0.1) is 0 Å². The van der Waals surface area contributed by atoms with Crippen LogP contribution in [0.15, 0.2) is 77.7 Å². The SMILES string of the molecule is O=C(NCc1cccc(-c2ccc(OCC(F)(F)F)cc2)c1)[C@@H]1CCCN1S(=O)(=O)c1ccc(F)cc1. The molecule has 0 bridgehead atoms. The van der Waals surface area contributed by atoms with Crippen LogP contribution in [0.2, 0.25) is 0 Å². The Bertz CT molecular complexity index is 1340. The van der Waals surface area contributed by atoms with E-state index in [0.717, 1.165) is 33.1 Å². The highest BCUT2D eigenvalue weighted by molar-refractivity contribution is 7.89. The molecule has 4 rings (SSSR count). The first-order valence-corrected chi connectivity index (χ1v) is 12.9. The minimum Gasteiger partial charge on any atom is -0.484 e. The number of benzene rings is 3. The quantitative estimate of drug-likeness (QED) is 0.416. The first-order chi connectivity index (χ1) is 17.5. The maximum Gasteiger partial charge on any atom is 0.422 e. The molecule has 1 amide bonds. The normalized spacial score (nSPS) is 16.5. The standard InChI is InChI=1S/C26H24F4N2O4S/c27-21-8-12-23(13-9-21)37(34,35)32-14-2-5-24(32)25(33)31-16-18-3-1-4-20(15-18)19-6-10-22(11-7-19)36-17-26(28,29)30/h1,3-4,6-13,15,24H,2,5,14,16-17H2,(H,31,33)/t24-/m0/s1. The molecule has 3 aromatic rings. The molecular weight excluding hydrogens is 512 g/mol. The summed E-state index contributed by atoms with van der Waals surface area (Å²) in [4.78, 5) is 12.8. The molecule has 0 unspecified atom stereocenters. The van der Waals surface area contributed by atoms with Crippen LogP contribution in [0.4, 0.5) is 17.6 Å². The summed E-state index contributed by atoms with van der Waals surface area (Å²) in [5, 5.41) is 2.79. The number of ether oxygens (including phenoxy) is 1. The van der Waals surface area contributed by atoms with E-state index in [1.54, 1.807) is 24.3 Å². The van der Waals surface area contributed by atoms with Crippen molar-refractivity contribution in [1.82, 2.24) is 9.62 Å². The van der Waals surface area contributed by atoms with Crippen LogP contribution in [0.25, 0.3) is 11.1 Å². The monoisotopic (exact) mass is 536 g/mol. The fourth-order valence-electron chi connectivity index (χ4n) is 4.11. The maximum absolute atomic E-state index is 13.2. The highest BCUT2D eigenvalue weighted by Crippen LogP contribution is 2.27. The maximum atomic E-state index is 13.2. The summed E-state index contributed by atoms with van der Waals surface area (Å²) in [6.45, 7) is -1.03. The Morgan fingerprint density at radius 2 is 1.70 bits per heavy atom. The summed E-state index contributed by atoms with van der Waals surface area (Å²) < 4.78 is 82.1. The first kappa shape index (κ1) is 26.6. The zero-order valence-electron chi connectivity index (χ0n) is 19.5. The van der Waals surface area contributed by atoms with E-state index in [2.05, 4.69) is 5.32 Å². The van der Waals surface area contributed by atoms with Crippen LogP contribution in [0.5, 0.6) is 5.75 Å². The van der Waals surface area contributed by atoms with Crippen LogP contribution < -0.4 is 10.1 Å². The molecule has 0 radical (unpaired) electrons. The summed E-state index contributed by atoms with van der Waals surface area (Å²) in [6, 6.07) is 17.0. The summed E-state index contributed by atoms with van der Waals surface area (Å²) in [6.07, 6.45) is -3.52. The van der Waals surface area contributed by atoms with Gasteiger partial charge in [-0.2, -0.15) is 17.5 Å². The Morgan fingerprint density at radius 1 is 1.00 bits per heavy atom. The van der Waals surface area contributed by atoms with Gasteiger partial charge in [0.25, 0.3) is 0 Å². The number of carbonyl (C=O) groups is 1. The van der Waals surface area contributed by atoms with Crippen molar-refractivity contribution in [2.45, 2.75) is 36.5 Å². The fraction of sp³-hybridized carbons (Fsp3) is 0.269. The number of halogens is 4. The zero-order chi connectivity index (χ0) is 26.6. The van der Waals surface area contributed by atoms with Gasteiger partial charge in [0.15, 0.2) is 6.61 Å². The lowest BCUT2D eigenvalue weighted by molar-refractivity contribution is -0.153. The van der Waals surface area contributed by atoms with Crippen molar-refractivity contribution in [1.29, 1.82) is 0 Å². The Labute approximate surface area is 211 Å². The van der Waals surface area contributed by atoms with Crippen LogP contribution in [0, 0.1) is 5.82 Å². The van der Waals surface area contributed by atoms with E-state index in [4.69, 9.17) is 4.74 Å². The van der Waals surface area contributed by atoms with E-state index < -0.39 is 40.6 Å². The average molecular weight is 537 g/mol. The van der Waals surface area contributed by atoms with Crippen molar-refractivity contribution < 1.29 is 35.5 Å². The minimum atomic E-state index is -4.42. The number of nitrogens with zero attached hydrogens (tertiary/aromatic N) is 1. The summed E-state index contributed by atoms with van der Waals surface area (Å²) >= 11 is 0. The van der Waals surface area contributed by atoms with Crippen molar-refractivity contribution >= 4 is 15.9 Å². The molecule has 0 aromatic heterocycles. The Morgan fingerprint density at radius 3 is 2.38 bits per heavy atom. The number of hydrogen-bond acceptors (Lipinski definition) is 4. The lowest BCUT2D eigenvalue weighted by atomic mass is 10.0. The highest BCUT2D eigenvalue weighted by atomic mass is 32.2. The molecule has 1 aliphatic rings. The topological polar surface area (TPSA) is 75.7 Å². The van der Waals surface area contributed by atoms with Gasteiger partial charge in [-0.25, -0.2) is 12.8 Å². The third-order valence-corrected chi connectivity index (χ3v) is 7.83. The molecule has 3 aromatic carbocycles. The lowest BCUT2D eigenvalue weighted by Gasteiger charge is -2.23. The van der Waals surface area contributed by atoms with Crippen LogP contribution in [0.3, 0.4) is 0 Å². The largest absolute Gasteiger partial charge is 0.484 e. The lowest BCUT2D eigenvalue weighted by Crippen LogP contribution is -2.45. The van der Waals surface area contributed by atoms with Gasteiger partial charge < -0.3 is 10.1 Å². The minimum absolute atomic E-state index is 0.0730. The van der Waals surface area contributed by atoms with Crippen molar-refractivity contribution in [3.63, 3.8) is 0 Å². The van der Waals surface area contributed by atoms with Crippen LogP contribution in [-0.4, -0.2) is 44.0 Å². The molecule has 1 N–H and O–H groups in total. The van der Waals surface area contributed by atoms with Crippen molar-refractivity contribution in [3.05, 3.63) is 84.2 Å². The number of hydrogen-bond donors (Lipinski definition) is 1. The molecule has 6 nitrogen and oxygen atoms in total. The molecule has 11 heteroatoms. The third kappa shape index (κ3) is 6.66. The number of sulfonamides is 1. The number of rotatable bonds is 8. The van der Waals surface area contributed by atoms with Crippen LogP contribution in [-0.2, 0) is 21.4 Å². The van der Waals surface area contributed by atoms with Gasteiger partial charge in [-0.1, -0.05) is 30.3 Å². The molecule has 0 spiro atoms. The molecule has 1 fully saturated rings. The smallest absolute Gasteiger partial charge is 0.422 e. The molecule has 1 heterocycles. The zero-order valence-corrected chi connectivity index (χ0v) is 20.4.